The molecule has 1 aromatic heterocycles. The minimum absolute atomic E-state index is 0.140. The molecule has 2 saturated heterocycles. The Morgan fingerprint density at radius 3 is 2.43 bits per heavy atom. The quantitative estimate of drug-likeness (QED) is 0.603. The van der Waals surface area contributed by atoms with Gasteiger partial charge in [0.2, 0.25) is 5.91 Å². The molecule has 2 aliphatic heterocycles. The minimum Gasteiger partial charge on any atom is -0.497 e. The number of nitrogens with zero attached hydrogens (tertiary/aromatic N) is 4. The maximum absolute atomic E-state index is 13.0. The first-order valence-corrected chi connectivity index (χ1v) is 10.8. The smallest absolute Gasteiger partial charge is 0.251 e. The number of hydrogen-bond donors (Lipinski definition) is 0. The van der Waals surface area contributed by atoms with E-state index in [4.69, 9.17) is 9.72 Å². The van der Waals surface area contributed by atoms with Crippen LogP contribution in [0.25, 0.3) is 10.2 Å². The summed E-state index contributed by atoms with van der Waals surface area (Å²) in [5.41, 5.74) is 1.62. The molecule has 0 radical (unpaired) electrons. The van der Waals surface area contributed by atoms with Crippen LogP contribution in [-0.4, -0.2) is 61.0 Å². The number of anilines is 2. The number of fused-ring (bicyclic) bond motifs is 1. The third-order valence-electron chi connectivity index (χ3n) is 5.76. The maximum Gasteiger partial charge on any atom is 0.251 e. The Bertz CT molecular complexity index is 1060. The molecule has 154 valence electrons. The second-order valence-electron chi connectivity index (χ2n) is 7.47. The highest BCUT2D eigenvalue weighted by Gasteiger charge is 2.43. The van der Waals surface area contributed by atoms with E-state index in [0.29, 0.717) is 11.4 Å². The first kappa shape index (κ1) is 19.0. The van der Waals surface area contributed by atoms with Gasteiger partial charge < -0.3 is 9.64 Å². The van der Waals surface area contributed by atoms with Gasteiger partial charge in [-0.1, -0.05) is 23.5 Å². The molecule has 30 heavy (non-hydrogen) atoms. The molecule has 2 fully saturated rings. The number of ether oxygens (including phenoxy) is 1. The van der Waals surface area contributed by atoms with Crippen molar-refractivity contribution >= 4 is 44.2 Å². The third kappa shape index (κ3) is 3.32. The van der Waals surface area contributed by atoms with E-state index in [1.807, 2.05) is 18.2 Å². The number of hydrogen-bond acceptors (Lipinski definition) is 7. The summed E-state index contributed by atoms with van der Waals surface area (Å²) in [7, 11) is 1.59. The van der Waals surface area contributed by atoms with Crippen molar-refractivity contribution in [2.75, 3.05) is 43.1 Å². The van der Waals surface area contributed by atoms with Gasteiger partial charge in [-0.15, -0.1) is 0 Å². The van der Waals surface area contributed by atoms with Crippen molar-refractivity contribution in [2.24, 2.45) is 0 Å². The van der Waals surface area contributed by atoms with Crippen molar-refractivity contribution in [3.63, 3.8) is 0 Å². The summed E-state index contributed by atoms with van der Waals surface area (Å²) >= 11 is 1.70. The standard InChI is InChI=1S/C22H22N4O3S/c1-29-16-8-6-15(7-9-16)26-20(27)14-18(21(26)28)24-10-12-25(13-11-24)22-23-17-4-2-3-5-19(17)30-22/h2-9,18H,10-14H2,1H3/t18-/m1/s1. The summed E-state index contributed by atoms with van der Waals surface area (Å²) in [5.74, 6) is 0.405. The second-order valence-corrected chi connectivity index (χ2v) is 8.48. The normalized spacial score (nSPS) is 20.4. The lowest BCUT2D eigenvalue weighted by atomic mass is 10.2. The van der Waals surface area contributed by atoms with Crippen LogP contribution < -0.4 is 14.5 Å². The third-order valence-corrected chi connectivity index (χ3v) is 6.86. The van der Waals surface area contributed by atoms with Gasteiger partial charge >= 0.3 is 0 Å². The van der Waals surface area contributed by atoms with E-state index in [9.17, 15) is 9.59 Å². The lowest BCUT2D eigenvalue weighted by Crippen LogP contribution is -2.52. The van der Waals surface area contributed by atoms with E-state index >= 15 is 0 Å². The lowest BCUT2D eigenvalue weighted by molar-refractivity contribution is -0.123. The van der Waals surface area contributed by atoms with Crippen LogP contribution >= 0.6 is 11.3 Å². The topological polar surface area (TPSA) is 66.0 Å². The molecular formula is C22H22N4O3S. The number of benzene rings is 2. The van der Waals surface area contributed by atoms with Crippen LogP contribution in [0.3, 0.4) is 0 Å². The molecule has 0 spiro atoms. The first-order valence-electron chi connectivity index (χ1n) is 9.99. The highest BCUT2D eigenvalue weighted by molar-refractivity contribution is 7.22. The van der Waals surface area contributed by atoms with Gasteiger partial charge in [-0.3, -0.25) is 14.5 Å². The number of thiazole rings is 1. The molecule has 0 saturated carbocycles. The van der Waals surface area contributed by atoms with Crippen molar-refractivity contribution in [1.29, 1.82) is 0 Å². The zero-order valence-corrected chi connectivity index (χ0v) is 17.5. The predicted molar refractivity (Wildman–Crippen MR) is 117 cm³/mol. The second kappa shape index (κ2) is 7.70. The molecule has 3 heterocycles. The van der Waals surface area contributed by atoms with E-state index in [0.717, 1.165) is 36.8 Å². The van der Waals surface area contributed by atoms with Crippen LogP contribution in [0.2, 0.25) is 0 Å². The van der Waals surface area contributed by atoms with Crippen LogP contribution in [0.15, 0.2) is 48.5 Å². The van der Waals surface area contributed by atoms with E-state index in [1.54, 1.807) is 42.7 Å². The first-order chi connectivity index (χ1) is 14.6. The van der Waals surface area contributed by atoms with Gasteiger partial charge in [-0.2, -0.15) is 0 Å². The summed E-state index contributed by atoms with van der Waals surface area (Å²) in [6.07, 6.45) is 0.228. The summed E-state index contributed by atoms with van der Waals surface area (Å²) < 4.78 is 6.34. The molecule has 7 nitrogen and oxygen atoms in total. The van der Waals surface area contributed by atoms with Gasteiger partial charge in [0.15, 0.2) is 5.13 Å². The van der Waals surface area contributed by atoms with Gasteiger partial charge in [0, 0.05) is 26.2 Å². The van der Waals surface area contributed by atoms with E-state index in [-0.39, 0.29) is 18.2 Å². The van der Waals surface area contributed by atoms with Crippen molar-refractivity contribution in [2.45, 2.75) is 12.5 Å². The van der Waals surface area contributed by atoms with Crippen molar-refractivity contribution < 1.29 is 14.3 Å². The monoisotopic (exact) mass is 422 g/mol. The molecule has 3 aromatic rings. The molecule has 0 unspecified atom stereocenters. The molecule has 2 amide bonds. The Morgan fingerprint density at radius 2 is 1.73 bits per heavy atom. The summed E-state index contributed by atoms with van der Waals surface area (Å²) in [6, 6.07) is 14.8. The fourth-order valence-electron chi connectivity index (χ4n) is 4.12. The molecule has 2 aromatic carbocycles. The molecule has 8 heteroatoms. The average molecular weight is 423 g/mol. The molecule has 0 N–H and O–H groups in total. The van der Waals surface area contributed by atoms with Crippen molar-refractivity contribution in [3.05, 3.63) is 48.5 Å². The van der Waals surface area contributed by atoms with Gasteiger partial charge in [-0.25, -0.2) is 9.88 Å². The van der Waals surface area contributed by atoms with Gasteiger partial charge in [0.1, 0.15) is 5.75 Å². The summed E-state index contributed by atoms with van der Waals surface area (Å²) in [4.78, 5) is 36.1. The highest BCUT2D eigenvalue weighted by atomic mass is 32.1. The minimum atomic E-state index is -0.392. The Kier molecular flexibility index (Phi) is 4.88. The molecule has 0 bridgehead atoms. The molecule has 2 aliphatic rings. The van der Waals surface area contributed by atoms with E-state index < -0.39 is 6.04 Å². The number of carbonyl (C=O) groups is 2. The Labute approximate surface area is 178 Å². The Morgan fingerprint density at radius 1 is 1.00 bits per heavy atom. The van der Waals surface area contributed by atoms with Crippen LogP contribution in [0.5, 0.6) is 5.75 Å². The lowest BCUT2D eigenvalue weighted by Gasteiger charge is -2.36. The molecule has 1 atom stereocenters. The SMILES string of the molecule is COc1ccc(N2C(=O)C[C@@H](N3CCN(c4nc5ccccc5s4)CC3)C2=O)cc1. The number of amides is 2. The fraction of sp³-hybridized carbons (Fsp3) is 0.318. The van der Waals surface area contributed by atoms with Gasteiger partial charge in [-0.05, 0) is 36.4 Å². The largest absolute Gasteiger partial charge is 0.497 e. The van der Waals surface area contributed by atoms with Crippen molar-refractivity contribution in [3.8, 4) is 5.75 Å². The number of piperazine rings is 1. The van der Waals surface area contributed by atoms with E-state index in [2.05, 4.69) is 15.9 Å². The average Bonchev–Trinajstić information content (AvgIpc) is 3.34. The maximum atomic E-state index is 13.0. The number of carbonyl (C=O) groups excluding carboxylic acids is 2. The number of para-hydroxylation sites is 1. The molecular weight excluding hydrogens is 400 g/mol. The zero-order valence-electron chi connectivity index (χ0n) is 16.7. The Balaban J connectivity index is 1.26. The zero-order chi connectivity index (χ0) is 20.7. The summed E-state index contributed by atoms with van der Waals surface area (Å²) in [5, 5.41) is 1.02. The predicted octanol–water partition coefficient (Wildman–Crippen LogP) is 2.76. The van der Waals surface area contributed by atoms with Gasteiger partial charge in [0.05, 0.1) is 35.5 Å². The number of imide groups is 1. The number of rotatable bonds is 4. The van der Waals surface area contributed by atoms with Gasteiger partial charge in [0.25, 0.3) is 5.91 Å². The van der Waals surface area contributed by atoms with Crippen LogP contribution in [0.1, 0.15) is 6.42 Å². The van der Waals surface area contributed by atoms with Crippen LogP contribution in [0.4, 0.5) is 10.8 Å². The summed E-state index contributed by atoms with van der Waals surface area (Å²) in [6.45, 7) is 3.05. The van der Waals surface area contributed by atoms with E-state index in [1.165, 1.54) is 9.60 Å². The fourth-order valence-corrected chi connectivity index (χ4v) is 5.14. The van der Waals surface area contributed by atoms with Crippen LogP contribution in [-0.2, 0) is 9.59 Å². The Hall–Kier alpha value is -2.97. The van der Waals surface area contributed by atoms with Crippen molar-refractivity contribution in [1.82, 2.24) is 9.88 Å². The van der Waals surface area contributed by atoms with Crippen LogP contribution in [0, 0.1) is 0 Å². The molecule has 5 rings (SSSR count). The highest BCUT2D eigenvalue weighted by Crippen LogP contribution is 2.31. The molecule has 0 aliphatic carbocycles. The number of aromatic nitrogens is 1. The number of methoxy groups -OCH3 is 1.